The first kappa shape index (κ1) is 12.6. The Balaban J connectivity index is 2.03. The average molecular weight is 318 g/mol. The third-order valence-electron chi connectivity index (χ3n) is 2.70. The lowest BCUT2D eigenvalue weighted by Gasteiger charge is -2.09. The van der Waals surface area contributed by atoms with E-state index >= 15 is 0 Å². The number of carbonyl (C=O) groups is 1. The number of hydrogen-bond donors (Lipinski definition) is 1. The van der Waals surface area contributed by atoms with Crippen LogP contribution in [0, 0.1) is 5.92 Å². The van der Waals surface area contributed by atoms with E-state index in [1.54, 1.807) is 12.1 Å². The third kappa shape index (κ3) is 3.29. The van der Waals surface area contributed by atoms with Gasteiger partial charge in [0.2, 0.25) is 5.91 Å². The summed E-state index contributed by atoms with van der Waals surface area (Å²) in [5.41, 5.74) is 0.675. The van der Waals surface area contributed by atoms with E-state index in [9.17, 15) is 13.2 Å². The van der Waals surface area contributed by atoms with Gasteiger partial charge in [-0.3, -0.25) is 4.79 Å². The van der Waals surface area contributed by atoms with Crippen molar-refractivity contribution in [3.05, 3.63) is 28.7 Å². The second-order valence-corrected chi connectivity index (χ2v) is 7.24. The summed E-state index contributed by atoms with van der Waals surface area (Å²) in [7, 11) is -3.01. The summed E-state index contributed by atoms with van der Waals surface area (Å²) in [6.07, 6.45) is 0.419. The molecule has 1 aliphatic rings. The van der Waals surface area contributed by atoms with Crippen molar-refractivity contribution >= 4 is 37.4 Å². The summed E-state index contributed by atoms with van der Waals surface area (Å²) in [4.78, 5) is 11.8. The van der Waals surface area contributed by atoms with E-state index in [1.807, 2.05) is 12.1 Å². The van der Waals surface area contributed by atoms with Gasteiger partial charge in [0.25, 0.3) is 0 Å². The van der Waals surface area contributed by atoms with Gasteiger partial charge in [-0.25, -0.2) is 8.42 Å². The first-order chi connectivity index (χ1) is 7.96. The van der Waals surface area contributed by atoms with Gasteiger partial charge in [-0.2, -0.15) is 0 Å². The Morgan fingerprint density at radius 1 is 1.41 bits per heavy atom. The third-order valence-corrected chi connectivity index (χ3v) is 4.96. The van der Waals surface area contributed by atoms with Crippen molar-refractivity contribution in [3.8, 4) is 0 Å². The maximum Gasteiger partial charge on any atom is 0.228 e. The van der Waals surface area contributed by atoms with Crippen LogP contribution in [0.5, 0.6) is 0 Å². The lowest BCUT2D eigenvalue weighted by Crippen LogP contribution is -2.23. The quantitative estimate of drug-likeness (QED) is 0.905. The Bertz CT molecular complexity index is 541. The minimum absolute atomic E-state index is 0.0349. The predicted molar refractivity (Wildman–Crippen MR) is 69.5 cm³/mol. The molecule has 0 unspecified atom stereocenters. The molecular weight excluding hydrogens is 306 g/mol. The second kappa shape index (κ2) is 4.78. The van der Waals surface area contributed by atoms with Crippen LogP contribution in [0.3, 0.4) is 0 Å². The number of amides is 1. The molecule has 1 N–H and O–H groups in total. The molecule has 1 aromatic carbocycles. The van der Waals surface area contributed by atoms with Gasteiger partial charge in [0.15, 0.2) is 9.84 Å². The van der Waals surface area contributed by atoms with E-state index in [2.05, 4.69) is 21.2 Å². The Hall–Kier alpha value is -0.880. The van der Waals surface area contributed by atoms with Crippen molar-refractivity contribution in [3.63, 3.8) is 0 Å². The van der Waals surface area contributed by atoms with Crippen LogP contribution >= 0.6 is 15.9 Å². The van der Waals surface area contributed by atoms with Crippen molar-refractivity contribution in [1.29, 1.82) is 0 Å². The average Bonchev–Trinajstić information content (AvgIpc) is 2.59. The summed E-state index contributed by atoms with van der Waals surface area (Å²) in [5.74, 6) is -0.556. The van der Waals surface area contributed by atoms with Crippen LogP contribution in [-0.2, 0) is 14.6 Å². The molecule has 1 fully saturated rings. The van der Waals surface area contributed by atoms with Gasteiger partial charge in [-0.15, -0.1) is 0 Å². The summed E-state index contributed by atoms with van der Waals surface area (Å²) >= 11 is 3.31. The summed E-state index contributed by atoms with van der Waals surface area (Å²) < 4.78 is 23.4. The SMILES string of the molecule is O=C(Nc1cccc(Br)c1)[C@@H]1CCS(=O)(=O)C1. The first-order valence-corrected chi connectivity index (χ1v) is 7.84. The number of halogens is 1. The van der Waals surface area contributed by atoms with Crippen LogP contribution < -0.4 is 5.32 Å². The first-order valence-electron chi connectivity index (χ1n) is 5.23. The van der Waals surface area contributed by atoms with E-state index in [0.717, 1.165) is 4.47 Å². The number of hydrogen-bond acceptors (Lipinski definition) is 3. The van der Waals surface area contributed by atoms with Crippen LogP contribution in [0.1, 0.15) is 6.42 Å². The number of nitrogens with one attached hydrogen (secondary N) is 1. The summed E-state index contributed by atoms with van der Waals surface area (Å²) in [6.45, 7) is 0. The van der Waals surface area contributed by atoms with Gasteiger partial charge in [0, 0.05) is 10.2 Å². The zero-order valence-electron chi connectivity index (χ0n) is 9.02. The van der Waals surface area contributed by atoms with E-state index in [4.69, 9.17) is 0 Å². The van der Waals surface area contributed by atoms with Gasteiger partial charge >= 0.3 is 0 Å². The highest BCUT2D eigenvalue weighted by Crippen LogP contribution is 2.21. The normalized spacial score (nSPS) is 22.3. The lowest BCUT2D eigenvalue weighted by molar-refractivity contribution is -0.119. The Kier molecular flexibility index (Phi) is 3.53. The fourth-order valence-corrected chi connectivity index (χ4v) is 3.95. The highest BCUT2D eigenvalue weighted by Gasteiger charge is 2.32. The minimum atomic E-state index is -3.01. The fraction of sp³-hybridized carbons (Fsp3) is 0.364. The van der Waals surface area contributed by atoms with E-state index in [1.165, 1.54) is 0 Å². The largest absolute Gasteiger partial charge is 0.326 e. The summed E-state index contributed by atoms with van der Waals surface area (Å²) in [6, 6.07) is 7.22. The Morgan fingerprint density at radius 3 is 2.76 bits per heavy atom. The van der Waals surface area contributed by atoms with Crippen molar-refractivity contribution in [2.45, 2.75) is 6.42 Å². The monoisotopic (exact) mass is 317 g/mol. The molecule has 0 saturated carbocycles. The molecule has 0 aliphatic carbocycles. The van der Waals surface area contributed by atoms with Crippen LogP contribution in [0.25, 0.3) is 0 Å². The number of anilines is 1. The molecule has 1 saturated heterocycles. The highest BCUT2D eigenvalue weighted by atomic mass is 79.9. The standard InChI is InChI=1S/C11H12BrNO3S/c12-9-2-1-3-10(6-9)13-11(14)8-4-5-17(15,16)7-8/h1-3,6,8H,4-5,7H2,(H,13,14)/t8-/m1/s1. The molecule has 0 aromatic heterocycles. The van der Waals surface area contributed by atoms with Crippen molar-refractivity contribution in [2.24, 2.45) is 5.92 Å². The van der Waals surface area contributed by atoms with Crippen molar-refractivity contribution < 1.29 is 13.2 Å². The molecule has 92 valence electrons. The molecule has 1 heterocycles. The molecule has 0 spiro atoms. The van der Waals surface area contributed by atoms with Gasteiger partial charge < -0.3 is 5.32 Å². The Morgan fingerprint density at radius 2 is 2.18 bits per heavy atom. The number of sulfone groups is 1. The maximum absolute atomic E-state index is 11.8. The highest BCUT2D eigenvalue weighted by molar-refractivity contribution is 9.10. The maximum atomic E-state index is 11.8. The van der Waals surface area contributed by atoms with E-state index in [-0.39, 0.29) is 17.4 Å². The topological polar surface area (TPSA) is 63.2 Å². The Labute approximate surface area is 108 Å². The van der Waals surface area contributed by atoms with Crippen molar-refractivity contribution in [2.75, 3.05) is 16.8 Å². The predicted octanol–water partition coefficient (Wildman–Crippen LogP) is 1.82. The van der Waals surface area contributed by atoms with Crippen molar-refractivity contribution in [1.82, 2.24) is 0 Å². The molecule has 17 heavy (non-hydrogen) atoms. The van der Waals surface area contributed by atoms with Crippen LogP contribution in [0.2, 0.25) is 0 Å². The second-order valence-electron chi connectivity index (χ2n) is 4.10. The van der Waals surface area contributed by atoms with Gasteiger partial charge in [-0.1, -0.05) is 22.0 Å². The fourth-order valence-electron chi connectivity index (χ4n) is 1.81. The molecule has 0 bridgehead atoms. The number of rotatable bonds is 2. The van der Waals surface area contributed by atoms with Gasteiger partial charge in [0.1, 0.15) is 0 Å². The van der Waals surface area contributed by atoms with Gasteiger partial charge in [0.05, 0.1) is 17.4 Å². The molecule has 2 rings (SSSR count). The van der Waals surface area contributed by atoms with E-state index < -0.39 is 15.8 Å². The molecule has 6 heteroatoms. The smallest absolute Gasteiger partial charge is 0.228 e. The summed E-state index contributed by atoms with van der Waals surface area (Å²) in [5, 5.41) is 2.73. The van der Waals surface area contributed by atoms with E-state index in [0.29, 0.717) is 12.1 Å². The lowest BCUT2D eigenvalue weighted by atomic mass is 10.1. The van der Waals surface area contributed by atoms with Crippen LogP contribution in [-0.4, -0.2) is 25.8 Å². The molecule has 1 amide bonds. The van der Waals surface area contributed by atoms with Gasteiger partial charge in [-0.05, 0) is 24.6 Å². The minimum Gasteiger partial charge on any atom is -0.326 e. The molecular formula is C11H12BrNO3S. The zero-order valence-corrected chi connectivity index (χ0v) is 11.4. The molecule has 4 nitrogen and oxygen atoms in total. The van der Waals surface area contributed by atoms with Crippen LogP contribution in [0.4, 0.5) is 5.69 Å². The zero-order chi connectivity index (χ0) is 12.5. The molecule has 1 atom stereocenters. The number of benzene rings is 1. The molecule has 1 aliphatic heterocycles. The molecule has 1 aromatic rings. The molecule has 0 radical (unpaired) electrons. The van der Waals surface area contributed by atoms with Crippen LogP contribution in [0.15, 0.2) is 28.7 Å². The number of carbonyl (C=O) groups excluding carboxylic acids is 1.